The molecule has 3 rings (SSSR count). The van der Waals surface area contributed by atoms with Crippen LogP contribution in [0, 0.1) is 12.3 Å². The van der Waals surface area contributed by atoms with E-state index in [2.05, 4.69) is 17.8 Å². The first kappa shape index (κ1) is 11.0. The number of carbonyl (C=O) groups excluding carboxylic acids is 1. The van der Waals surface area contributed by atoms with Crippen LogP contribution in [0.15, 0.2) is 12.3 Å². The lowest BCUT2D eigenvalue weighted by Gasteiger charge is -2.65. The summed E-state index contributed by atoms with van der Waals surface area (Å²) in [5.41, 5.74) is -1.40. The number of rotatable bonds is 4. The molecule has 0 unspecified atom stereocenters. The van der Waals surface area contributed by atoms with Crippen molar-refractivity contribution in [3.05, 3.63) is 12.3 Å². The lowest BCUT2D eigenvalue weighted by molar-refractivity contribution is -0.177. The van der Waals surface area contributed by atoms with Gasteiger partial charge < -0.3 is 10.1 Å². The summed E-state index contributed by atoms with van der Waals surface area (Å²) < 4.78 is 18.3. The number of amides is 1. The van der Waals surface area contributed by atoms with Gasteiger partial charge in [-0.2, -0.15) is 0 Å². The molecular weight excluding hydrogens is 209 g/mol. The van der Waals surface area contributed by atoms with Crippen LogP contribution in [0.4, 0.5) is 4.39 Å². The van der Waals surface area contributed by atoms with E-state index < -0.39 is 11.8 Å². The second-order valence-corrected chi connectivity index (χ2v) is 4.82. The number of hydrogen-bond donors (Lipinski definition) is 1. The Kier molecular flexibility index (Phi) is 2.23. The summed E-state index contributed by atoms with van der Waals surface area (Å²) in [4.78, 5) is 11.7. The predicted molar refractivity (Wildman–Crippen MR) is 57.1 cm³/mol. The maximum absolute atomic E-state index is 13.2. The summed E-state index contributed by atoms with van der Waals surface area (Å²) in [7, 11) is 0. The molecule has 1 N–H and O–H groups in total. The third kappa shape index (κ3) is 1.67. The van der Waals surface area contributed by atoms with Crippen molar-refractivity contribution in [1.29, 1.82) is 0 Å². The Bertz CT molecular complexity index is 377. The number of ether oxygens (including phenoxy) is 1. The standard InChI is InChI=1S/C12H14FNO2/c1-4-9(16-8(2)3)10(15)14-12-5-11(13,6-12)7-12/h1,9H,2,5-7H2,3H3,(H,14,15)/t9-,11?,12?/m0/s1. The van der Waals surface area contributed by atoms with Gasteiger partial charge in [0.15, 0.2) is 0 Å². The summed E-state index contributed by atoms with van der Waals surface area (Å²) >= 11 is 0. The van der Waals surface area contributed by atoms with Crippen LogP contribution in [0.3, 0.4) is 0 Å². The van der Waals surface area contributed by atoms with E-state index in [0.29, 0.717) is 25.0 Å². The lowest BCUT2D eigenvalue weighted by Crippen LogP contribution is -2.77. The van der Waals surface area contributed by atoms with Crippen molar-refractivity contribution in [3.8, 4) is 12.3 Å². The smallest absolute Gasteiger partial charge is 0.274 e. The molecule has 3 aliphatic carbocycles. The van der Waals surface area contributed by atoms with Crippen molar-refractivity contribution < 1.29 is 13.9 Å². The first-order chi connectivity index (χ1) is 7.38. The van der Waals surface area contributed by atoms with Crippen molar-refractivity contribution >= 4 is 5.91 Å². The molecule has 0 heterocycles. The molecule has 0 aromatic heterocycles. The minimum absolute atomic E-state index is 0.362. The maximum Gasteiger partial charge on any atom is 0.274 e. The van der Waals surface area contributed by atoms with Crippen LogP contribution in [0.5, 0.6) is 0 Å². The first-order valence-electron chi connectivity index (χ1n) is 5.17. The molecule has 2 bridgehead atoms. The van der Waals surface area contributed by atoms with Crippen LogP contribution in [0.2, 0.25) is 0 Å². The van der Waals surface area contributed by atoms with E-state index in [1.54, 1.807) is 6.92 Å². The number of allylic oxidation sites excluding steroid dienone is 1. The Morgan fingerprint density at radius 2 is 2.19 bits per heavy atom. The van der Waals surface area contributed by atoms with Gasteiger partial charge in [0, 0.05) is 24.8 Å². The van der Waals surface area contributed by atoms with Gasteiger partial charge in [-0.05, 0) is 6.92 Å². The summed E-state index contributed by atoms with van der Waals surface area (Å²) in [5, 5.41) is 2.75. The highest BCUT2D eigenvalue weighted by Gasteiger charge is 2.70. The number of halogens is 1. The zero-order chi connectivity index (χ0) is 12.0. The minimum atomic E-state index is -1.03. The summed E-state index contributed by atoms with van der Waals surface area (Å²) in [5.74, 6) is 2.25. The van der Waals surface area contributed by atoms with Gasteiger partial charge in [0.2, 0.25) is 6.10 Å². The largest absolute Gasteiger partial charge is 0.473 e. The van der Waals surface area contributed by atoms with Crippen molar-refractivity contribution in [2.24, 2.45) is 0 Å². The fourth-order valence-corrected chi connectivity index (χ4v) is 2.49. The van der Waals surface area contributed by atoms with E-state index in [1.807, 2.05) is 0 Å². The lowest BCUT2D eigenvalue weighted by atomic mass is 9.47. The van der Waals surface area contributed by atoms with Crippen LogP contribution in [0.25, 0.3) is 0 Å². The highest BCUT2D eigenvalue weighted by Crippen LogP contribution is 2.62. The Morgan fingerprint density at radius 1 is 1.62 bits per heavy atom. The number of terminal acetylenes is 1. The fourth-order valence-electron chi connectivity index (χ4n) is 2.49. The van der Waals surface area contributed by atoms with Crippen LogP contribution in [0.1, 0.15) is 26.2 Å². The van der Waals surface area contributed by atoms with E-state index in [9.17, 15) is 9.18 Å². The van der Waals surface area contributed by atoms with Crippen LogP contribution in [-0.4, -0.2) is 23.2 Å². The zero-order valence-electron chi connectivity index (χ0n) is 9.18. The highest BCUT2D eigenvalue weighted by molar-refractivity contribution is 5.85. The Morgan fingerprint density at radius 3 is 2.56 bits per heavy atom. The molecule has 0 aliphatic heterocycles. The number of nitrogens with one attached hydrogen (secondary N) is 1. The van der Waals surface area contributed by atoms with Gasteiger partial charge in [0.1, 0.15) is 5.67 Å². The molecular formula is C12H14FNO2. The maximum atomic E-state index is 13.2. The van der Waals surface area contributed by atoms with Crippen molar-refractivity contribution in [2.45, 2.75) is 43.5 Å². The summed E-state index contributed by atoms with van der Waals surface area (Å²) in [6, 6.07) is 0. The molecule has 16 heavy (non-hydrogen) atoms. The highest BCUT2D eigenvalue weighted by atomic mass is 19.1. The van der Waals surface area contributed by atoms with Gasteiger partial charge in [0.05, 0.1) is 5.76 Å². The van der Waals surface area contributed by atoms with E-state index in [4.69, 9.17) is 11.2 Å². The number of alkyl halides is 1. The van der Waals surface area contributed by atoms with Gasteiger partial charge in [0.25, 0.3) is 5.91 Å². The molecule has 86 valence electrons. The van der Waals surface area contributed by atoms with Gasteiger partial charge >= 0.3 is 0 Å². The topological polar surface area (TPSA) is 38.3 Å². The molecule has 1 amide bonds. The quantitative estimate of drug-likeness (QED) is 0.576. The Balaban J connectivity index is 1.88. The third-order valence-electron chi connectivity index (χ3n) is 3.06. The average molecular weight is 223 g/mol. The second-order valence-electron chi connectivity index (χ2n) is 4.82. The monoisotopic (exact) mass is 223 g/mol. The molecule has 3 saturated carbocycles. The molecule has 0 saturated heterocycles. The predicted octanol–water partition coefficient (Wildman–Crippen LogP) is 1.30. The number of hydrogen-bond acceptors (Lipinski definition) is 2. The Labute approximate surface area is 94.0 Å². The van der Waals surface area contributed by atoms with E-state index in [-0.39, 0.29) is 11.4 Å². The minimum Gasteiger partial charge on any atom is -0.473 e. The molecule has 0 aromatic rings. The summed E-state index contributed by atoms with van der Waals surface area (Å²) in [6.45, 7) is 5.14. The van der Waals surface area contributed by atoms with Gasteiger partial charge in [-0.25, -0.2) is 4.39 Å². The second kappa shape index (κ2) is 3.24. The first-order valence-corrected chi connectivity index (χ1v) is 5.17. The fraction of sp³-hybridized carbons (Fsp3) is 0.583. The zero-order valence-corrected chi connectivity index (χ0v) is 9.18. The van der Waals surface area contributed by atoms with Gasteiger partial charge in [-0.1, -0.05) is 12.5 Å². The van der Waals surface area contributed by atoms with E-state index in [1.165, 1.54) is 0 Å². The molecule has 0 radical (unpaired) electrons. The molecule has 3 aliphatic rings. The van der Waals surface area contributed by atoms with Crippen LogP contribution < -0.4 is 5.32 Å². The van der Waals surface area contributed by atoms with Crippen molar-refractivity contribution in [1.82, 2.24) is 5.32 Å². The average Bonchev–Trinajstić information content (AvgIpc) is 2.09. The van der Waals surface area contributed by atoms with Crippen molar-refractivity contribution in [3.63, 3.8) is 0 Å². The van der Waals surface area contributed by atoms with Gasteiger partial charge in [-0.15, -0.1) is 6.42 Å². The molecule has 0 spiro atoms. The number of carbonyl (C=O) groups is 1. The SMILES string of the molecule is C#C[C@H](OC(=C)C)C(=O)NC12CC(F)(C1)C2. The molecule has 3 fully saturated rings. The summed E-state index contributed by atoms with van der Waals surface area (Å²) in [6.07, 6.45) is 5.41. The normalized spacial score (nSPS) is 36.1. The molecule has 3 nitrogen and oxygen atoms in total. The molecule has 1 atom stereocenters. The Hall–Kier alpha value is -1.50. The van der Waals surface area contributed by atoms with Crippen LogP contribution >= 0.6 is 0 Å². The van der Waals surface area contributed by atoms with E-state index >= 15 is 0 Å². The van der Waals surface area contributed by atoms with E-state index in [0.717, 1.165) is 0 Å². The molecule has 0 aromatic carbocycles. The molecule has 4 heteroatoms. The third-order valence-corrected chi connectivity index (χ3v) is 3.06. The van der Waals surface area contributed by atoms with Crippen LogP contribution in [-0.2, 0) is 9.53 Å². The van der Waals surface area contributed by atoms with Gasteiger partial charge in [-0.3, -0.25) is 4.79 Å². The van der Waals surface area contributed by atoms with Crippen molar-refractivity contribution in [2.75, 3.05) is 0 Å².